The molecular formula is C19H19ClN4O7S2. The molecule has 176 valence electrons. The van der Waals surface area contributed by atoms with Crippen LogP contribution in [0.5, 0.6) is 0 Å². The molecule has 0 unspecified atom stereocenters. The topological polar surface area (TPSA) is 159 Å². The Morgan fingerprint density at radius 2 is 1.97 bits per heavy atom. The standard InChI is InChI=1S/C19H19ClN4O7S2/c20-14-7-6-13(8-16(14)24(28)29)9-23-17(18(25)22-33(23,30)31)21-15(19(26)27)11-32-10-12-4-2-1-3-5-12/h1-8,15,17,21H,9-11H2,(H,22,25)(H,26,27)/t15-,17+/m0/s1. The predicted molar refractivity (Wildman–Crippen MR) is 122 cm³/mol. The number of rotatable bonds is 10. The maximum atomic E-state index is 12.5. The lowest BCUT2D eigenvalue weighted by molar-refractivity contribution is -0.384. The summed E-state index contributed by atoms with van der Waals surface area (Å²) in [6.45, 7) is -0.416. The van der Waals surface area contributed by atoms with Crippen LogP contribution >= 0.6 is 23.4 Å². The molecule has 1 amide bonds. The third-order valence-electron chi connectivity index (χ3n) is 4.67. The molecule has 2 aromatic rings. The predicted octanol–water partition coefficient (Wildman–Crippen LogP) is 1.73. The van der Waals surface area contributed by atoms with Gasteiger partial charge in [0.2, 0.25) is 0 Å². The summed E-state index contributed by atoms with van der Waals surface area (Å²) < 4.78 is 27.5. The first-order valence-electron chi connectivity index (χ1n) is 9.45. The molecule has 0 bridgehead atoms. The van der Waals surface area contributed by atoms with Gasteiger partial charge in [0, 0.05) is 24.1 Å². The molecule has 1 fully saturated rings. The number of carbonyl (C=O) groups excluding carboxylic acids is 1. The molecule has 0 aliphatic carbocycles. The molecule has 1 aliphatic rings. The van der Waals surface area contributed by atoms with E-state index in [0.29, 0.717) is 5.75 Å². The second kappa shape index (κ2) is 10.5. The number of nitro groups is 1. The minimum absolute atomic E-state index is 0.0638. The number of hydrogen-bond acceptors (Lipinski definition) is 8. The second-order valence-corrected chi connectivity index (χ2v) is 10.1. The highest BCUT2D eigenvalue weighted by Crippen LogP contribution is 2.27. The summed E-state index contributed by atoms with van der Waals surface area (Å²) in [5.74, 6) is -1.61. The fourth-order valence-corrected chi connectivity index (χ4v) is 5.52. The number of amides is 1. The van der Waals surface area contributed by atoms with E-state index in [1.165, 1.54) is 23.9 Å². The zero-order chi connectivity index (χ0) is 24.2. The Hall–Kier alpha value is -2.71. The molecule has 1 saturated heterocycles. The summed E-state index contributed by atoms with van der Waals surface area (Å²) in [4.78, 5) is 34.5. The third kappa shape index (κ3) is 6.21. The van der Waals surface area contributed by atoms with Crippen molar-refractivity contribution in [1.29, 1.82) is 0 Å². The largest absolute Gasteiger partial charge is 0.480 e. The molecule has 33 heavy (non-hydrogen) atoms. The number of aliphatic carboxylic acids is 1. The molecule has 1 heterocycles. The van der Waals surface area contributed by atoms with E-state index >= 15 is 0 Å². The lowest BCUT2D eigenvalue weighted by Crippen LogP contribution is -2.53. The van der Waals surface area contributed by atoms with Crippen molar-refractivity contribution in [3.8, 4) is 0 Å². The van der Waals surface area contributed by atoms with E-state index in [4.69, 9.17) is 11.6 Å². The van der Waals surface area contributed by atoms with Gasteiger partial charge < -0.3 is 5.11 Å². The van der Waals surface area contributed by atoms with Gasteiger partial charge in [-0.1, -0.05) is 48.0 Å². The van der Waals surface area contributed by atoms with Gasteiger partial charge in [0.1, 0.15) is 11.1 Å². The third-order valence-corrected chi connectivity index (χ3v) is 7.52. The number of carbonyl (C=O) groups is 2. The number of nitrogens with zero attached hydrogens (tertiary/aromatic N) is 2. The van der Waals surface area contributed by atoms with Crippen LogP contribution in [-0.4, -0.2) is 52.6 Å². The summed E-state index contributed by atoms with van der Waals surface area (Å²) in [6, 6.07) is 11.8. The quantitative estimate of drug-likeness (QED) is 0.317. The number of thioether (sulfide) groups is 1. The first kappa shape index (κ1) is 24.9. The normalized spacial score (nSPS) is 18.6. The molecule has 2 aromatic carbocycles. The monoisotopic (exact) mass is 514 g/mol. The van der Waals surface area contributed by atoms with Gasteiger partial charge in [0.25, 0.3) is 11.6 Å². The minimum Gasteiger partial charge on any atom is -0.480 e. The van der Waals surface area contributed by atoms with E-state index in [2.05, 4.69) is 5.32 Å². The Morgan fingerprint density at radius 3 is 2.61 bits per heavy atom. The average molecular weight is 515 g/mol. The van der Waals surface area contributed by atoms with Crippen LogP contribution in [0.15, 0.2) is 48.5 Å². The van der Waals surface area contributed by atoms with E-state index in [0.717, 1.165) is 15.9 Å². The number of halogens is 1. The smallest absolute Gasteiger partial charge is 0.321 e. The fraction of sp³-hybridized carbons (Fsp3) is 0.263. The highest BCUT2D eigenvalue weighted by atomic mass is 35.5. The maximum absolute atomic E-state index is 12.5. The Balaban J connectivity index is 1.76. The van der Waals surface area contributed by atoms with Gasteiger partial charge in [-0.15, -0.1) is 0 Å². The van der Waals surface area contributed by atoms with Crippen LogP contribution in [0.4, 0.5) is 5.69 Å². The van der Waals surface area contributed by atoms with Gasteiger partial charge in [-0.3, -0.25) is 25.0 Å². The van der Waals surface area contributed by atoms with E-state index in [1.807, 2.05) is 35.1 Å². The molecule has 0 aromatic heterocycles. The molecule has 2 atom stereocenters. The van der Waals surface area contributed by atoms with E-state index in [-0.39, 0.29) is 16.3 Å². The summed E-state index contributed by atoms with van der Waals surface area (Å²) in [6.07, 6.45) is -1.51. The summed E-state index contributed by atoms with van der Waals surface area (Å²) in [5.41, 5.74) is 0.761. The van der Waals surface area contributed by atoms with Crippen LogP contribution in [0.25, 0.3) is 0 Å². The zero-order valence-corrected chi connectivity index (χ0v) is 19.3. The van der Waals surface area contributed by atoms with Gasteiger partial charge in [0.15, 0.2) is 6.17 Å². The van der Waals surface area contributed by atoms with Crippen molar-refractivity contribution in [3.05, 3.63) is 74.8 Å². The van der Waals surface area contributed by atoms with Crippen molar-refractivity contribution in [2.45, 2.75) is 24.5 Å². The van der Waals surface area contributed by atoms with Gasteiger partial charge in [-0.05, 0) is 17.2 Å². The molecule has 3 N–H and O–H groups in total. The summed E-state index contributed by atoms with van der Waals surface area (Å²) in [7, 11) is -4.29. The lowest BCUT2D eigenvalue weighted by atomic mass is 10.2. The van der Waals surface area contributed by atoms with Gasteiger partial charge in [0.05, 0.1) is 4.92 Å². The van der Waals surface area contributed by atoms with Crippen molar-refractivity contribution >= 4 is 51.1 Å². The van der Waals surface area contributed by atoms with E-state index < -0.39 is 51.4 Å². The summed E-state index contributed by atoms with van der Waals surface area (Å²) in [5, 5.41) is 23.2. The molecule has 3 rings (SSSR count). The maximum Gasteiger partial charge on any atom is 0.321 e. The second-order valence-electron chi connectivity index (χ2n) is 7.02. The van der Waals surface area contributed by atoms with Gasteiger partial charge >= 0.3 is 16.2 Å². The molecule has 14 heteroatoms. The van der Waals surface area contributed by atoms with Crippen molar-refractivity contribution in [3.63, 3.8) is 0 Å². The average Bonchev–Trinajstić information content (AvgIpc) is 2.96. The molecular weight excluding hydrogens is 496 g/mol. The Bertz CT molecular complexity index is 1160. The van der Waals surface area contributed by atoms with Crippen LogP contribution in [0.1, 0.15) is 11.1 Å². The van der Waals surface area contributed by atoms with Crippen LogP contribution < -0.4 is 10.0 Å². The summed E-state index contributed by atoms with van der Waals surface area (Å²) >= 11 is 7.10. The van der Waals surface area contributed by atoms with Crippen molar-refractivity contribution in [1.82, 2.24) is 14.3 Å². The molecule has 0 radical (unpaired) electrons. The highest BCUT2D eigenvalue weighted by Gasteiger charge is 2.45. The lowest BCUT2D eigenvalue weighted by Gasteiger charge is -2.24. The van der Waals surface area contributed by atoms with Gasteiger partial charge in [-0.25, -0.2) is 4.72 Å². The Morgan fingerprint density at radius 1 is 1.27 bits per heavy atom. The van der Waals surface area contributed by atoms with Crippen LogP contribution in [0.3, 0.4) is 0 Å². The Kier molecular flexibility index (Phi) is 7.92. The number of carboxylic acids is 1. The molecule has 0 spiro atoms. The molecule has 0 saturated carbocycles. The molecule has 11 nitrogen and oxygen atoms in total. The van der Waals surface area contributed by atoms with Crippen LogP contribution in [-0.2, 0) is 32.1 Å². The zero-order valence-electron chi connectivity index (χ0n) is 16.9. The van der Waals surface area contributed by atoms with Crippen LogP contribution in [0, 0.1) is 10.1 Å². The number of nitrogens with one attached hydrogen (secondary N) is 2. The number of hydrogen-bond donors (Lipinski definition) is 3. The molecule has 1 aliphatic heterocycles. The first-order chi connectivity index (χ1) is 15.6. The van der Waals surface area contributed by atoms with Crippen molar-refractivity contribution < 1.29 is 28.0 Å². The van der Waals surface area contributed by atoms with Crippen molar-refractivity contribution in [2.24, 2.45) is 0 Å². The van der Waals surface area contributed by atoms with Crippen molar-refractivity contribution in [2.75, 3.05) is 5.75 Å². The SMILES string of the molecule is O=C(O)[C@H](CSCc1ccccc1)N[C@H]1C(=O)NS(=O)(=O)N1Cc1ccc(Cl)c([N+](=O)[O-])c1. The number of nitro benzene ring substituents is 1. The Labute approximate surface area is 198 Å². The number of benzene rings is 2. The fourth-order valence-electron chi connectivity index (χ4n) is 3.07. The van der Waals surface area contributed by atoms with E-state index in [1.54, 1.807) is 0 Å². The van der Waals surface area contributed by atoms with Gasteiger partial charge in [-0.2, -0.15) is 24.5 Å². The number of carboxylic acid groups (broad SMARTS) is 1. The van der Waals surface area contributed by atoms with E-state index in [9.17, 15) is 33.2 Å². The minimum atomic E-state index is -4.29. The van der Waals surface area contributed by atoms with Crippen LogP contribution in [0.2, 0.25) is 5.02 Å². The first-order valence-corrected chi connectivity index (χ1v) is 12.4. The highest BCUT2D eigenvalue weighted by molar-refractivity contribution is 7.98.